The van der Waals surface area contributed by atoms with Crippen LogP contribution in [0.2, 0.25) is 0 Å². The molecule has 0 atom stereocenters. The lowest BCUT2D eigenvalue weighted by Gasteiger charge is -2.07. The van der Waals surface area contributed by atoms with Gasteiger partial charge in [0.1, 0.15) is 17.2 Å². The van der Waals surface area contributed by atoms with Gasteiger partial charge in [-0.05, 0) is 53.9 Å². The van der Waals surface area contributed by atoms with E-state index in [1.54, 1.807) is 38.9 Å². The highest BCUT2D eigenvalue weighted by atomic mass is 32.1. The summed E-state index contributed by atoms with van der Waals surface area (Å²) in [4.78, 5) is 6.67. The molecule has 0 bridgehead atoms. The van der Waals surface area contributed by atoms with E-state index in [4.69, 9.17) is 24.3 Å². The van der Waals surface area contributed by atoms with Crippen LogP contribution in [0.4, 0.5) is 5.69 Å². The van der Waals surface area contributed by atoms with Crippen molar-refractivity contribution in [1.82, 2.24) is 4.68 Å². The van der Waals surface area contributed by atoms with Crippen LogP contribution < -0.4 is 19.0 Å². The SMILES string of the molecule is COc1ccc(N=c2scc(-c3cccs3)n2N=Cc2cc(OC)ccc2OC)cc1. The van der Waals surface area contributed by atoms with Crippen molar-refractivity contribution in [1.29, 1.82) is 0 Å². The summed E-state index contributed by atoms with van der Waals surface area (Å²) in [6.07, 6.45) is 1.76. The number of hydrogen-bond donors (Lipinski definition) is 0. The van der Waals surface area contributed by atoms with Crippen molar-refractivity contribution in [2.24, 2.45) is 10.1 Å². The van der Waals surface area contributed by atoms with E-state index >= 15 is 0 Å². The van der Waals surface area contributed by atoms with Gasteiger partial charge < -0.3 is 14.2 Å². The smallest absolute Gasteiger partial charge is 0.211 e. The summed E-state index contributed by atoms with van der Waals surface area (Å²) >= 11 is 3.19. The van der Waals surface area contributed by atoms with Crippen LogP contribution in [0, 0.1) is 0 Å². The molecule has 0 radical (unpaired) electrons. The number of nitrogens with zero attached hydrogens (tertiary/aromatic N) is 3. The Kier molecular flexibility index (Phi) is 6.49. The zero-order valence-electron chi connectivity index (χ0n) is 17.3. The van der Waals surface area contributed by atoms with E-state index in [-0.39, 0.29) is 0 Å². The number of rotatable bonds is 7. The molecule has 2 heterocycles. The maximum atomic E-state index is 5.48. The highest BCUT2D eigenvalue weighted by molar-refractivity contribution is 7.14. The molecule has 0 saturated carbocycles. The normalized spacial score (nSPS) is 11.8. The van der Waals surface area contributed by atoms with E-state index < -0.39 is 0 Å². The summed E-state index contributed by atoms with van der Waals surface area (Å²) in [5.74, 6) is 2.24. The summed E-state index contributed by atoms with van der Waals surface area (Å²) in [6.45, 7) is 0. The fourth-order valence-corrected chi connectivity index (χ4v) is 4.56. The lowest BCUT2D eigenvalue weighted by Crippen LogP contribution is -2.11. The van der Waals surface area contributed by atoms with Gasteiger partial charge in [0.25, 0.3) is 0 Å². The van der Waals surface area contributed by atoms with Gasteiger partial charge in [0, 0.05) is 10.9 Å². The highest BCUT2D eigenvalue weighted by Gasteiger charge is 2.09. The molecule has 0 spiro atoms. The second-order valence-electron chi connectivity index (χ2n) is 6.35. The minimum atomic E-state index is 0.715. The molecule has 0 aliphatic heterocycles. The predicted molar refractivity (Wildman–Crippen MR) is 126 cm³/mol. The molecule has 0 aliphatic rings. The first kappa shape index (κ1) is 20.9. The van der Waals surface area contributed by atoms with Gasteiger partial charge in [-0.3, -0.25) is 0 Å². The predicted octanol–water partition coefficient (Wildman–Crippen LogP) is 5.42. The molecule has 158 valence electrons. The number of thiophene rings is 1. The fraction of sp³-hybridized carbons (Fsp3) is 0.130. The van der Waals surface area contributed by atoms with Crippen molar-refractivity contribution in [2.75, 3.05) is 21.3 Å². The number of benzene rings is 2. The lowest BCUT2D eigenvalue weighted by molar-refractivity contribution is 0.402. The number of aromatic nitrogens is 1. The summed E-state index contributed by atoms with van der Waals surface area (Å²) in [7, 11) is 4.92. The maximum Gasteiger partial charge on any atom is 0.211 e. The Morgan fingerprint density at radius 3 is 2.32 bits per heavy atom. The Bertz CT molecular complexity index is 1240. The van der Waals surface area contributed by atoms with Crippen LogP contribution in [0.15, 0.2) is 75.5 Å². The topological polar surface area (TPSA) is 57.3 Å². The molecule has 4 aromatic rings. The molecule has 0 unspecified atom stereocenters. The van der Waals surface area contributed by atoms with E-state index in [0.29, 0.717) is 5.75 Å². The van der Waals surface area contributed by atoms with E-state index in [1.165, 1.54) is 11.3 Å². The molecule has 2 aromatic carbocycles. The van der Waals surface area contributed by atoms with Crippen LogP contribution in [0.1, 0.15) is 5.56 Å². The highest BCUT2D eigenvalue weighted by Crippen LogP contribution is 2.27. The minimum absolute atomic E-state index is 0.715. The Hall–Kier alpha value is -3.36. The maximum absolute atomic E-state index is 5.48. The summed E-state index contributed by atoms with van der Waals surface area (Å²) < 4.78 is 17.9. The van der Waals surface area contributed by atoms with Gasteiger partial charge in [-0.15, -0.1) is 22.7 Å². The molecule has 31 heavy (non-hydrogen) atoms. The van der Waals surface area contributed by atoms with Crippen molar-refractivity contribution >= 4 is 34.6 Å². The number of hydrogen-bond acceptors (Lipinski definition) is 7. The van der Waals surface area contributed by atoms with Crippen LogP contribution in [0.5, 0.6) is 17.2 Å². The molecule has 0 N–H and O–H groups in total. The van der Waals surface area contributed by atoms with Crippen LogP contribution in [-0.4, -0.2) is 32.2 Å². The van der Waals surface area contributed by atoms with Crippen LogP contribution in [-0.2, 0) is 0 Å². The van der Waals surface area contributed by atoms with Crippen molar-refractivity contribution in [3.8, 4) is 27.8 Å². The zero-order chi connectivity index (χ0) is 21.6. The average Bonchev–Trinajstić information content (AvgIpc) is 3.48. The van der Waals surface area contributed by atoms with E-state index in [0.717, 1.165) is 38.1 Å². The number of ether oxygens (including phenoxy) is 3. The quantitative estimate of drug-likeness (QED) is 0.353. The minimum Gasteiger partial charge on any atom is -0.497 e. The van der Waals surface area contributed by atoms with Gasteiger partial charge in [-0.2, -0.15) is 5.10 Å². The second-order valence-corrected chi connectivity index (χ2v) is 8.14. The molecule has 8 heteroatoms. The first-order valence-corrected chi connectivity index (χ1v) is 11.2. The molecule has 4 rings (SSSR count). The first-order chi connectivity index (χ1) is 15.2. The molecule has 0 amide bonds. The van der Waals surface area contributed by atoms with Gasteiger partial charge in [-0.25, -0.2) is 9.67 Å². The van der Waals surface area contributed by atoms with Crippen molar-refractivity contribution in [2.45, 2.75) is 0 Å². The van der Waals surface area contributed by atoms with Crippen molar-refractivity contribution in [3.63, 3.8) is 0 Å². The summed E-state index contributed by atoms with van der Waals surface area (Å²) in [6, 6.07) is 17.3. The Morgan fingerprint density at radius 2 is 1.65 bits per heavy atom. The first-order valence-electron chi connectivity index (χ1n) is 9.41. The lowest BCUT2D eigenvalue weighted by atomic mass is 10.2. The monoisotopic (exact) mass is 451 g/mol. The third-order valence-electron chi connectivity index (χ3n) is 4.51. The molecular formula is C23H21N3O3S2. The van der Waals surface area contributed by atoms with E-state index in [9.17, 15) is 0 Å². The van der Waals surface area contributed by atoms with Crippen molar-refractivity contribution < 1.29 is 14.2 Å². The van der Waals surface area contributed by atoms with E-state index in [1.807, 2.05) is 58.6 Å². The van der Waals surface area contributed by atoms with E-state index in [2.05, 4.69) is 11.4 Å². The molecule has 0 saturated heterocycles. The van der Waals surface area contributed by atoms with Gasteiger partial charge in [0.05, 0.1) is 43.8 Å². The third kappa shape index (κ3) is 4.70. The molecule has 0 fully saturated rings. The van der Waals surface area contributed by atoms with Gasteiger partial charge >= 0.3 is 0 Å². The van der Waals surface area contributed by atoms with Gasteiger partial charge in [0.15, 0.2) is 0 Å². The van der Waals surface area contributed by atoms with Crippen molar-refractivity contribution in [3.05, 3.63) is 75.7 Å². The second kappa shape index (κ2) is 9.63. The average molecular weight is 452 g/mol. The van der Waals surface area contributed by atoms with Crippen LogP contribution >= 0.6 is 22.7 Å². The fourth-order valence-electron chi connectivity index (χ4n) is 2.91. The molecule has 2 aromatic heterocycles. The number of thiazole rings is 1. The molecule has 0 aliphatic carbocycles. The number of methoxy groups -OCH3 is 3. The van der Waals surface area contributed by atoms with Crippen LogP contribution in [0.3, 0.4) is 0 Å². The zero-order valence-corrected chi connectivity index (χ0v) is 18.9. The van der Waals surface area contributed by atoms with Gasteiger partial charge in [-0.1, -0.05) is 6.07 Å². The largest absolute Gasteiger partial charge is 0.497 e. The summed E-state index contributed by atoms with van der Waals surface area (Å²) in [5, 5.41) is 8.87. The van der Waals surface area contributed by atoms with Crippen LogP contribution in [0.25, 0.3) is 10.6 Å². The molecule has 6 nitrogen and oxygen atoms in total. The standard InChI is InChI=1S/C23H21N3O3S2/c1-27-18-8-6-17(7-9-18)25-23-26(20(15-31-23)22-5-4-12-30-22)24-14-16-13-19(28-2)10-11-21(16)29-3/h4-15H,1-3H3. The Labute approximate surface area is 188 Å². The Morgan fingerprint density at radius 1 is 0.871 bits per heavy atom. The third-order valence-corrected chi connectivity index (χ3v) is 6.21. The molecular weight excluding hydrogens is 430 g/mol. The summed E-state index contributed by atoms with van der Waals surface area (Å²) in [5.41, 5.74) is 2.61. The Balaban J connectivity index is 1.81. The van der Waals surface area contributed by atoms with Gasteiger partial charge in [0.2, 0.25) is 4.80 Å².